The molecule has 2 fully saturated rings. The first-order chi connectivity index (χ1) is 13.2. The monoisotopic (exact) mass is 364 g/mol. The van der Waals surface area contributed by atoms with Crippen molar-refractivity contribution in [2.45, 2.75) is 51.3 Å². The van der Waals surface area contributed by atoms with E-state index in [2.05, 4.69) is 53.5 Å². The van der Waals surface area contributed by atoms with E-state index in [1.54, 1.807) is 0 Å². The van der Waals surface area contributed by atoms with Gasteiger partial charge in [-0.25, -0.2) is 0 Å². The summed E-state index contributed by atoms with van der Waals surface area (Å²) in [5.41, 5.74) is 3.26. The number of piperazine rings is 1. The summed E-state index contributed by atoms with van der Waals surface area (Å²) in [5.74, 6) is 1.13. The molecule has 2 aliphatic rings. The fourth-order valence-corrected chi connectivity index (χ4v) is 4.39. The van der Waals surface area contributed by atoms with Crippen molar-refractivity contribution in [1.82, 2.24) is 10.2 Å². The Hall–Kier alpha value is -2.33. The van der Waals surface area contributed by atoms with Crippen molar-refractivity contribution in [3.63, 3.8) is 0 Å². The molecule has 142 valence electrons. The molecule has 1 heterocycles. The van der Waals surface area contributed by atoms with E-state index in [9.17, 15) is 4.79 Å². The van der Waals surface area contributed by atoms with E-state index in [1.807, 2.05) is 12.1 Å². The van der Waals surface area contributed by atoms with Crippen LogP contribution in [0.4, 0.5) is 0 Å². The largest absolute Gasteiger partial charge is 0.489 e. The molecule has 27 heavy (non-hydrogen) atoms. The van der Waals surface area contributed by atoms with E-state index in [0.717, 1.165) is 56.6 Å². The van der Waals surface area contributed by atoms with Crippen molar-refractivity contribution in [1.29, 1.82) is 0 Å². The second-order valence-electron chi connectivity index (χ2n) is 7.80. The SMILES string of the molecule is Cc1ccc(COc2ccccc2CN2CCNC(=O)C23CCCC3)cc1. The van der Waals surface area contributed by atoms with Crippen LogP contribution < -0.4 is 10.1 Å². The minimum atomic E-state index is -0.317. The van der Waals surface area contributed by atoms with Gasteiger partial charge in [-0.15, -0.1) is 0 Å². The van der Waals surface area contributed by atoms with E-state index in [-0.39, 0.29) is 11.4 Å². The molecule has 1 saturated carbocycles. The number of ether oxygens (including phenoxy) is 1. The summed E-state index contributed by atoms with van der Waals surface area (Å²) in [5, 5.41) is 3.08. The summed E-state index contributed by atoms with van der Waals surface area (Å²) in [6, 6.07) is 16.7. The molecule has 4 nitrogen and oxygen atoms in total. The van der Waals surface area contributed by atoms with E-state index in [4.69, 9.17) is 4.74 Å². The van der Waals surface area contributed by atoms with Gasteiger partial charge in [0.05, 0.1) is 0 Å². The number of carbonyl (C=O) groups is 1. The van der Waals surface area contributed by atoms with Gasteiger partial charge >= 0.3 is 0 Å². The van der Waals surface area contributed by atoms with Crippen molar-refractivity contribution in [3.05, 3.63) is 65.2 Å². The first kappa shape index (κ1) is 18.1. The molecule has 4 rings (SSSR count). The van der Waals surface area contributed by atoms with Gasteiger partial charge in [-0.05, 0) is 31.4 Å². The predicted molar refractivity (Wildman–Crippen MR) is 107 cm³/mol. The molecule has 0 atom stereocenters. The van der Waals surface area contributed by atoms with Gasteiger partial charge in [0.25, 0.3) is 0 Å². The van der Waals surface area contributed by atoms with Gasteiger partial charge in [0.15, 0.2) is 0 Å². The Balaban J connectivity index is 1.50. The standard InChI is InChI=1S/C23H28N2O2/c1-18-8-10-19(11-9-18)17-27-21-7-3-2-6-20(21)16-25-15-14-24-22(26)23(25)12-4-5-13-23/h2-3,6-11H,4-5,12-17H2,1H3,(H,24,26). The number of rotatable bonds is 5. The van der Waals surface area contributed by atoms with Gasteiger partial charge in [0.1, 0.15) is 17.9 Å². The van der Waals surface area contributed by atoms with Crippen molar-refractivity contribution >= 4 is 5.91 Å². The van der Waals surface area contributed by atoms with Crippen molar-refractivity contribution < 1.29 is 9.53 Å². The van der Waals surface area contributed by atoms with Crippen LogP contribution in [0.1, 0.15) is 42.4 Å². The predicted octanol–water partition coefficient (Wildman–Crippen LogP) is 3.82. The summed E-state index contributed by atoms with van der Waals surface area (Å²) < 4.78 is 6.16. The Labute approximate surface area is 161 Å². The minimum absolute atomic E-state index is 0.212. The number of benzene rings is 2. The van der Waals surface area contributed by atoms with E-state index < -0.39 is 0 Å². The van der Waals surface area contributed by atoms with Crippen LogP contribution in [0.15, 0.2) is 48.5 Å². The molecule has 0 aromatic heterocycles. The van der Waals surface area contributed by atoms with Crippen LogP contribution in [-0.2, 0) is 17.9 Å². The molecular weight excluding hydrogens is 336 g/mol. The number of amides is 1. The Morgan fingerprint density at radius 1 is 1.07 bits per heavy atom. The van der Waals surface area contributed by atoms with Crippen LogP contribution in [-0.4, -0.2) is 29.4 Å². The van der Waals surface area contributed by atoms with Gasteiger partial charge in [-0.1, -0.05) is 60.9 Å². The summed E-state index contributed by atoms with van der Waals surface area (Å²) >= 11 is 0. The molecule has 1 N–H and O–H groups in total. The van der Waals surface area contributed by atoms with Gasteiger partial charge in [0.2, 0.25) is 5.91 Å². The number of nitrogens with one attached hydrogen (secondary N) is 1. The number of carbonyl (C=O) groups excluding carboxylic acids is 1. The lowest BCUT2D eigenvalue weighted by Gasteiger charge is -2.43. The van der Waals surface area contributed by atoms with Crippen molar-refractivity contribution in [2.75, 3.05) is 13.1 Å². The fraction of sp³-hybridized carbons (Fsp3) is 0.435. The molecular formula is C23H28N2O2. The molecule has 1 aliphatic carbocycles. The summed E-state index contributed by atoms with van der Waals surface area (Å²) in [6.07, 6.45) is 4.20. The van der Waals surface area contributed by atoms with Crippen LogP contribution in [0.25, 0.3) is 0 Å². The number of hydrogen-bond acceptors (Lipinski definition) is 3. The third-order valence-corrected chi connectivity index (χ3v) is 5.97. The minimum Gasteiger partial charge on any atom is -0.489 e. The Bertz CT molecular complexity index is 794. The van der Waals surface area contributed by atoms with Crippen molar-refractivity contribution in [2.24, 2.45) is 0 Å². The molecule has 0 unspecified atom stereocenters. The normalized spacial score (nSPS) is 19.2. The van der Waals surface area contributed by atoms with E-state index in [1.165, 1.54) is 11.1 Å². The van der Waals surface area contributed by atoms with Crippen LogP contribution in [0.5, 0.6) is 5.75 Å². The summed E-state index contributed by atoms with van der Waals surface area (Å²) in [6.45, 7) is 5.04. The van der Waals surface area contributed by atoms with Gasteiger partial charge in [-0.3, -0.25) is 9.69 Å². The quantitative estimate of drug-likeness (QED) is 0.877. The number of nitrogens with zero attached hydrogens (tertiary/aromatic N) is 1. The Morgan fingerprint density at radius 3 is 2.59 bits per heavy atom. The maximum Gasteiger partial charge on any atom is 0.240 e. The highest BCUT2D eigenvalue weighted by molar-refractivity contribution is 5.87. The molecule has 1 saturated heterocycles. The summed E-state index contributed by atoms with van der Waals surface area (Å²) in [7, 11) is 0. The van der Waals surface area contributed by atoms with E-state index in [0.29, 0.717) is 6.61 Å². The third kappa shape index (κ3) is 3.72. The second kappa shape index (κ2) is 7.73. The fourth-order valence-electron chi connectivity index (χ4n) is 4.39. The van der Waals surface area contributed by atoms with Gasteiger partial charge in [0, 0.05) is 25.2 Å². The van der Waals surface area contributed by atoms with E-state index >= 15 is 0 Å². The molecule has 1 amide bonds. The Kier molecular flexibility index (Phi) is 5.17. The van der Waals surface area contributed by atoms with Crippen LogP contribution in [0.3, 0.4) is 0 Å². The topological polar surface area (TPSA) is 41.6 Å². The number of aryl methyl sites for hydroxylation is 1. The summed E-state index contributed by atoms with van der Waals surface area (Å²) in [4.78, 5) is 15.0. The first-order valence-corrected chi connectivity index (χ1v) is 9.97. The maximum absolute atomic E-state index is 12.7. The first-order valence-electron chi connectivity index (χ1n) is 9.97. The average Bonchev–Trinajstić information content (AvgIpc) is 3.17. The lowest BCUT2D eigenvalue weighted by molar-refractivity contribution is -0.137. The number of para-hydroxylation sites is 1. The lowest BCUT2D eigenvalue weighted by Crippen LogP contribution is -2.63. The molecule has 0 radical (unpaired) electrons. The van der Waals surface area contributed by atoms with Crippen LogP contribution >= 0.6 is 0 Å². The van der Waals surface area contributed by atoms with Crippen LogP contribution in [0, 0.1) is 6.92 Å². The average molecular weight is 364 g/mol. The second-order valence-corrected chi connectivity index (χ2v) is 7.80. The van der Waals surface area contributed by atoms with Gasteiger partial charge in [-0.2, -0.15) is 0 Å². The zero-order valence-corrected chi connectivity index (χ0v) is 16.0. The molecule has 1 aliphatic heterocycles. The zero-order valence-electron chi connectivity index (χ0n) is 16.0. The highest BCUT2D eigenvalue weighted by Crippen LogP contribution is 2.38. The lowest BCUT2D eigenvalue weighted by atomic mass is 9.91. The zero-order chi connectivity index (χ0) is 18.7. The Morgan fingerprint density at radius 2 is 1.81 bits per heavy atom. The molecule has 2 aromatic rings. The molecule has 2 aromatic carbocycles. The maximum atomic E-state index is 12.7. The smallest absolute Gasteiger partial charge is 0.240 e. The molecule has 1 spiro atoms. The third-order valence-electron chi connectivity index (χ3n) is 5.97. The highest BCUT2D eigenvalue weighted by atomic mass is 16.5. The highest BCUT2D eigenvalue weighted by Gasteiger charge is 2.47. The van der Waals surface area contributed by atoms with Gasteiger partial charge < -0.3 is 10.1 Å². The molecule has 0 bridgehead atoms. The molecule has 4 heteroatoms. The number of hydrogen-bond donors (Lipinski definition) is 1. The van der Waals surface area contributed by atoms with Crippen LogP contribution in [0.2, 0.25) is 0 Å². The van der Waals surface area contributed by atoms with Crippen molar-refractivity contribution in [3.8, 4) is 5.75 Å².